The van der Waals surface area contributed by atoms with Gasteiger partial charge in [-0.15, -0.1) is 0 Å². The lowest BCUT2D eigenvalue weighted by Crippen LogP contribution is -2.40. The van der Waals surface area contributed by atoms with E-state index in [2.05, 4.69) is 10.3 Å². The molecule has 25 heavy (non-hydrogen) atoms. The number of aryl methyl sites for hydroxylation is 1. The lowest BCUT2D eigenvalue weighted by Gasteiger charge is -2.30. The molecule has 0 bridgehead atoms. The van der Waals surface area contributed by atoms with Gasteiger partial charge in [0.15, 0.2) is 0 Å². The minimum atomic E-state index is -0.261. The van der Waals surface area contributed by atoms with Crippen molar-refractivity contribution < 1.29 is 13.9 Å². The van der Waals surface area contributed by atoms with Gasteiger partial charge in [0.05, 0.1) is 0 Å². The lowest BCUT2D eigenvalue weighted by molar-refractivity contribution is -0.123. The zero-order valence-corrected chi connectivity index (χ0v) is 14.6. The van der Waals surface area contributed by atoms with E-state index in [4.69, 9.17) is 4.74 Å². The summed E-state index contributed by atoms with van der Waals surface area (Å²) in [6.45, 7) is 2.59. The van der Waals surface area contributed by atoms with Crippen LogP contribution in [0.25, 0.3) is 0 Å². The Morgan fingerprint density at radius 3 is 2.88 bits per heavy atom. The Morgan fingerprint density at radius 1 is 1.44 bits per heavy atom. The van der Waals surface area contributed by atoms with Crippen LogP contribution in [0.5, 0.6) is 0 Å². The fourth-order valence-corrected chi connectivity index (χ4v) is 3.27. The average Bonchev–Trinajstić information content (AvgIpc) is 3.01. The predicted octanol–water partition coefficient (Wildman–Crippen LogP) is 3.09. The second-order valence-electron chi connectivity index (χ2n) is 6.70. The molecule has 2 aromatic rings. The Bertz CT molecular complexity index is 714. The van der Waals surface area contributed by atoms with E-state index in [9.17, 15) is 9.18 Å². The lowest BCUT2D eigenvalue weighted by atomic mass is 9.96. The second kappa shape index (κ2) is 7.78. The number of hydrogen-bond acceptors (Lipinski definition) is 3. The first-order valence-electron chi connectivity index (χ1n) is 8.66. The Kier molecular flexibility index (Phi) is 5.48. The van der Waals surface area contributed by atoms with Crippen molar-refractivity contribution in [2.75, 3.05) is 6.61 Å². The van der Waals surface area contributed by atoms with Crippen LogP contribution in [0.1, 0.15) is 49.6 Å². The molecule has 1 N–H and O–H groups in total. The largest absolute Gasteiger partial charge is 0.370 e. The van der Waals surface area contributed by atoms with Gasteiger partial charge in [-0.3, -0.25) is 4.79 Å². The highest BCUT2D eigenvalue weighted by Gasteiger charge is 2.27. The number of carbonyl (C=O) groups excluding carboxylic acids is 1. The van der Waals surface area contributed by atoms with Crippen LogP contribution in [0.2, 0.25) is 0 Å². The molecule has 1 aliphatic rings. The van der Waals surface area contributed by atoms with Gasteiger partial charge in [0.1, 0.15) is 17.7 Å². The van der Waals surface area contributed by atoms with Crippen molar-refractivity contribution in [3.05, 3.63) is 53.9 Å². The molecule has 0 saturated carbocycles. The SMILES string of the molecule is C[C@H](CC(=O)N[C@@H]1CCO[C@H](c2nccn2C)C1)c1ccc(F)cc1. The van der Waals surface area contributed by atoms with Gasteiger partial charge in [-0.2, -0.15) is 0 Å². The third kappa shape index (κ3) is 4.45. The molecule has 0 radical (unpaired) electrons. The van der Waals surface area contributed by atoms with Gasteiger partial charge in [-0.05, 0) is 30.0 Å². The topological polar surface area (TPSA) is 56.1 Å². The maximum atomic E-state index is 13.0. The fourth-order valence-electron chi connectivity index (χ4n) is 3.27. The molecule has 1 saturated heterocycles. The summed E-state index contributed by atoms with van der Waals surface area (Å²) >= 11 is 0. The third-order valence-electron chi connectivity index (χ3n) is 4.73. The molecule has 0 aliphatic carbocycles. The molecule has 1 aliphatic heterocycles. The number of amides is 1. The normalized spacial score (nSPS) is 21.7. The molecule has 3 atom stereocenters. The Balaban J connectivity index is 1.53. The van der Waals surface area contributed by atoms with Crippen molar-refractivity contribution >= 4 is 5.91 Å². The third-order valence-corrected chi connectivity index (χ3v) is 4.73. The van der Waals surface area contributed by atoms with E-state index in [1.54, 1.807) is 18.3 Å². The van der Waals surface area contributed by atoms with Gasteiger partial charge < -0.3 is 14.6 Å². The number of carbonyl (C=O) groups is 1. The van der Waals surface area contributed by atoms with E-state index in [-0.39, 0.29) is 29.8 Å². The number of aromatic nitrogens is 2. The van der Waals surface area contributed by atoms with Crippen molar-refractivity contribution in [3.8, 4) is 0 Å². The van der Waals surface area contributed by atoms with E-state index in [0.717, 1.165) is 24.2 Å². The van der Waals surface area contributed by atoms with E-state index >= 15 is 0 Å². The van der Waals surface area contributed by atoms with Crippen LogP contribution in [0.15, 0.2) is 36.7 Å². The molecule has 3 rings (SSSR count). The van der Waals surface area contributed by atoms with Crippen LogP contribution in [0.3, 0.4) is 0 Å². The summed E-state index contributed by atoms with van der Waals surface area (Å²) in [5.74, 6) is 0.689. The monoisotopic (exact) mass is 345 g/mol. The molecule has 6 heteroatoms. The maximum absolute atomic E-state index is 13.0. The van der Waals surface area contributed by atoms with E-state index < -0.39 is 0 Å². The minimum Gasteiger partial charge on any atom is -0.370 e. The van der Waals surface area contributed by atoms with Gasteiger partial charge in [-0.25, -0.2) is 9.37 Å². The summed E-state index contributed by atoms with van der Waals surface area (Å²) in [6, 6.07) is 6.42. The second-order valence-corrected chi connectivity index (χ2v) is 6.70. The molecular formula is C19H24FN3O2. The maximum Gasteiger partial charge on any atom is 0.220 e. The van der Waals surface area contributed by atoms with E-state index in [1.165, 1.54) is 12.1 Å². The number of nitrogens with zero attached hydrogens (tertiary/aromatic N) is 2. The van der Waals surface area contributed by atoms with Gasteiger partial charge >= 0.3 is 0 Å². The van der Waals surface area contributed by atoms with Crippen molar-refractivity contribution in [3.63, 3.8) is 0 Å². The number of benzene rings is 1. The first kappa shape index (κ1) is 17.6. The van der Waals surface area contributed by atoms with E-state index in [0.29, 0.717) is 13.0 Å². The van der Waals surface area contributed by atoms with Crippen molar-refractivity contribution in [1.29, 1.82) is 0 Å². The van der Waals surface area contributed by atoms with E-state index in [1.807, 2.05) is 24.7 Å². The number of imidazole rings is 1. The van der Waals surface area contributed by atoms with Crippen LogP contribution in [-0.4, -0.2) is 28.1 Å². The zero-order chi connectivity index (χ0) is 17.8. The van der Waals surface area contributed by atoms with Gasteiger partial charge in [0, 0.05) is 44.9 Å². The summed E-state index contributed by atoms with van der Waals surface area (Å²) in [4.78, 5) is 16.7. The molecule has 1 aromatic heterocycles. The van der Waals surface area contributed by atoms with Crippen LogP contribution >= 0.6 is 0 Å². The van der Waals surface area contributed by atoms with Gasteiger partial charge in [0.2, 0.25) is 5.91 Å². The fraction of sp³-hybridized carbons (Fsp3) is 0.474. The van der Waals surface area contributed by atoms with Crippen LogP contribution in [0.4, 0.5) is 4.39 Å². The highest BCUT2D eigenvalue weighted by molar-refractivity contribution is 5.77. The van der Waals surface area contributed by atoms with Crippen molar-refractivity contribution in [2.24, 2.45) is 7.05 Å². The number of ether oxygens (including phenoxy) is 1. The number of hydrogen-bond donors (Lipinski definition) is 1. The Hall–Kier alpha value is -2.21. The highest BCUT2D eigenvalue weighted by atomic mass is 19.1. The molecule has 5 nitrogen and oxygen atoms in total. The van der Waals surface area contributed by atoms with Crippen LogP contribution in [0, 0.1) is 5.82 Å². The predicted molar refractivity (Wildman–Crippen MR) is 92.5 cm³/mol. The molecule has 0 unspecified atom stereocenters. The minimum absolute atomic E-state index is 0.0160. The summed E-state index contributed by atoms with van der Waals surface area (Å²) in [5.41, 5.74) is 0.967. The molecule has 1 amide bonds. The molecule has 134 valence electrons. The molecule has 0 spiro atoms. The molecular weight excluding hydrogens is 321 g/mol. The summed E-state index contributed by atoms with van der Waals surface area (Å²) in [6.07, 6.45) is 5.47. The number of halogens is 1. The first-order valence-corrected chi connectivity index (χ1v) is 8.66. The smallest absolute Gasteiger partial charge is 0.220 e. The molecule has 1 fully saturated rings. The summed E-state index contributed by atoms with van der Waals surface area (Å²) < 4.78 is 20.8. The van der Waals surface area contributed by atoms with Crippen LogP contribution < -0.4 is 5.32 Å². The van der Waals surface area contributed by atoms with Gasteiger partial charge in [0.25, 0.3) is 0 Å². The van der Waals surface area contributed by atoms with Crippen molar-refractivity contribution in [2.45, 2.75) is 44.2 Å². The first-order chi connectivity index (χ1) is 12.0. The van der Waals surface area contributed by atoms with Crippen molar-refractivity contribution in [1.82, 2.24) is 14.9 Å². The highest BCUT2D eigenvalue weighted by Crippen LogP contribution is 2.27. The number of nitrogens with one attached hydrogen (secondary N) is 1. The average molecular weight is 345 g/mol. The Labute approximate surface area is 147 Å². The van der Waals surface area contributed by atoms with Crippen LogP contribution in [-0.2, 0) is 16.6 Å². The standard InChI is InChI=1S/C19H24FN3O2/c1-13(14-3-5-15(20)6-4-14)11-18(24)22-16-7-10-25-17(12-16)19-21-8-9-23(19)2/h3-6,8-9,13,16-17H,7,10-12H2,1-2H3,(H,22,24)/t13-,16-,17+/m1/s1. The molecule has 1 aromatic carbocycles. The summed E-state index contributed by atoms with van der Waals surface area (Å²) in [5, 5.41) is 3.11. The Morgan fingerprint density at radius 2 is 2.20 bits per heavy atom. The number of rotatable bonds is 5. The zero-order valence-electron chi connectivity index (χ0n) is 14.6. The molecule has 2 heterocycles. The van der Waals surface area contributed by atoms with Gasteiger partial charge in [-0.1, -0.05) is 19.1 Å². The quantitative estimate of drug-likeness (QED) is 0.906. The summed E-state index contributed by atoms with van der Waals surface area (Å²) in [7, 11) is 1.94.